The number of phenolic OH excluding ortho intramolecular Hbond substituents is 3. The van der Waals surface area contributed by atoms with E-state index >= 15 is 0 Å². The van der Waals surface area contributed by atoms with Gasteiger partial charge in [-0.25, -0.2) is 0 Å². The van der Waals surface area contributed by atoms with E-state index in [0.717, 1.165) is 5.56 Å². The van der Waals surface area contributed by atoms with Crippen molar-refractivity contribution in [3.63, 3.8) is 0 Å². The number of aliphatic hydroxyl groups is 1. The number of phenols is 3. The molecule has 4 atom stereocenters. The Labute approximate surface area is 163 Å². The second-order valence-corrected chi connectivity index (χ2v) is 7.86. The van der Waals surface area contributed by atoms with E-state index in [2.05, 4.69) is 0 Å². The first-order chi connectivity index (χ1) is 13.3. The summed E-state index contributed by atoms with van der Waals surface area (Å²) in [5.41, 5.74) is 1.45. The summed E-state index contributed by atoms with van der Waals surface area (Å²) in [6.07, 6.45) is -1.89. The van der Waals surface area contributed by atoms with Crippen molar-refractivity contribution in [2.24, 2.45) is 0 Å². The number of fused-ring (bicyclic) bond motifs is 1. The highest BCUT2D eigenvalue weighted by atomic mass is 16.8. The molecule has 150 valence electrons. The zero-order valence-electron chi connectivity index (χ0n) is 15.8. The molecule has 2 fully saturated rings. The Morgan fingerprint density at radius 2 is 1.64 bits per heavy atom. The monoisotopic (exact) mass is 387 g/mol. The molecule has 2 aromatic carbocycles. The van der Waals surface area contributed by atoms with Gasteiger partial charge in [0.15, 0.2) is 17.3 Å². The van der Waals surface area contributed by atoms with Crippen molar-refractivity contribution >= 4 is 0 Å². The highest BCUT2D eigenvalue weighted by Gasteiger charge is 2.54. The maximum atomic E-state index is 10.7. The molecule has 4 rings (SSSR count). The lowest BCUT2D eigenvalue weighted by atomic mass is 9.88. The maximum absolute atomic E-state index is 10.7. The minimum atomic E-state index is -0.883. The summed E-state index contributed by atoms with van der Waals surface area (Å²) in [4.78, 5) is 2.00. The molecule has 0 amide bonds. The Balaban J connectivity index is 1.77. The van der Waals surface area contributed by atoms with Gasteiger partial charge in [0.2, 0.25) is 5.75 Å². The van der Waals surface area contributed by atoms with Crippen molar-refractivity contribution in [3.05, 3.63) is 53.6 Å². The summed E-state index contributed by atoms with van der Waals surface area (Å²) in [6, 6.07) is 12.2. The quantitative estimate of drug-likeness (QED) is 0.599. The van der Waals surface area contributed by atoms with Crippen molar-refractivity contribution in [1.82, 2.24) is 4.90 Å². The number of rotatable bonds is 3. The molecule has 2 heterocycles. The normalized spacial score (nSPS) is 29.5. The molecule has 28 heavy (non-hydrogen) atoms. The van der Waals surface area contributed by atoms with Crippen LogP contribution in [-0.4, -0.2) is 56.0 Å². The van der Waals surface area contributed by atoms with Gasteiger partial charge in [-0.05, 0) is 31.5 Å². The predicted octanol–water partition coefficient (Wildman–Crippen LogP) is 2.24. The Bertz CT molecular complexity index is 855. The van der Waals surface area contributed by atoms with E-state index in [4.69, 9.17) is 9.47 Å². The van der Waals surface area contributed by atoms with Crippen LogP contribution in [0.15, 0.2) is 42.5 Å². The van der Waals surface area contributed by atoms with Gasteiger partial charge in [0.1, 0.15) is 12.2 Å². The molecule has 0 saturated carbocycles. The summed E-state index contributed by atoms with van der Waals surface area (Å²) < 4.78 is 12.0. The fourth-order valence-corrected chi connectivity index (χ4v) is 4.20. The third-order valence-corrected chi connectivity index (χ3v) is 5.38. The predicted molar refractivity (Wildman–Crippen MR) is 101 cm³/mol. The molecule has 0 unspecified atom stereocenters. The first-order valence-corrected chi connectivity index (χ1v) is 9.32. The average molecular weight is 387 g/mol. The fraction of sp³-hybridized carbons (Fsp3) is 0.429. The van der Waals surface area contributed by atoms with E-state index in [1.165, 1.54) is 6.07 Å². The summed E-state index contributed by atoms with van der Waals surface area (Å²) >= 11 is 0. The minimum Gasteiger partial charge on any atom is -0.504 e. The van der Waals surface area contributed by atoms with Gasteiger partial charge in [0.25, 0.3) is 0 Å². The highest BCUT2D eigenvalue weighted by molar-refractivity contribution is 5.54. The lowest BCUT2D eigenvalue weighted by Gasteiger charge is -2.44. The molecule has 7 heteroatoms. The number of aliphatic hydroxyl groups excluding tert-OH is 1. The van der Waals surface area contributed by atoms with Gasteiger partial charge >= 0.3 is 0 Å². The molecule has 0 aromatic heterocycles. The highest BCUT2D eigenvalue weighted by Crippen LogP contribution is 2.48. The second-order valence-electron chi connectivity index (χ2n) is 7.86. The largest absolute Gasteiger partial charge is 0.504 e. The summed E-state index contributed by atoms with van der Waals surface area (Å²) in [5, 5.41) is 41.0. The topological polar surface area (TPSA) is 103 Å². The lowest BCUT2D eigenvalue weighted by Crippen LogP contribution is -2.55. The van der Waals surface area contributed by atoms with Crippen LogP contribution < -0.4 is 0 Å². The molecule has 2 aliphatic heterocycles. The Morgan fingerprint density at radius 3 is 2.36 bits per heavy atom. The molecule has 0 bridgehead atoms. The number of hydrogen-bond donors (Lipinski definition) is 4. The number of aromatic hydroxyl groups is 3. The van der Waals surface area contributed by atoms with Gasteiger partial charge in [0.05, 0.1) is 12.1 Å². The van der Waals surface area contributed by atoms with Gasteiger partial charge in [-0.2, -0.15) is 0 Å². The van der Waals surface area contributed by atoms with E-state index in [9.17, 15) is 20.4 Å². The molecule has 0 spiro atoms. The molecule has 0 aliphatic carbocycles. The first kappa shape index (κ1) is 19.0. The van der Waals surface area contributed by atoms with Crippen LogP contribution in [0.2, 0.25) is 0 Å². The van der Waals surface area contributed by atoms with Crippen LogP contribution in [-0.2, 0) is 16.0 Å². The number of likely N-dealkylation sites (tertiary alicyclic amines) is 1. The minimum absolute atomic E-state index is 0.307. The molecule has 2 aliphatic rings. The molecule has 2 saturated heterocycles. The van der Waals surface area contributed by atoms with E-state index in [1.54, 1.807) is 19.9 Å². The Hall–Kier alpha value is -2.32. The van der Waals surface area contributed by atoms with Gasteiger partial charge in [-0.1, -0.05) is 30.3 Å². The van der Waals surface area contributed by atoms with Crippen LogP contribution in [0.4, 0.5) is 0 Å². The van der Waals surface area contributed by atoms with Crippen molar-refractivity contribution in [3.8, 4) is 17.2 Å². The third kappa shape index (κ3) is 3.31. The smallest absolute Gasteiger partial charge is 0.200 e. The molecular weight excluding hydrogens is 362 g/mol. The number of nitrogens with zero attached hydrogens (tertiary/aromatic N) is 1. The van der Waals surface area contributed by atoms with Crippen molar-refractivity contribution < 1.29 is 29.9 Å². The number of ether oxygens (including phenoxy) is 2. The van der Waals surface area contributed by atoms with E-state index in [-0.39, 0.29) is 0 Å². The number of hydrogen-bond acceptors (Lipinski definition) is 7. The maximum Gasteiger partial charge on any atom is 0.200 e. The zero-order valence-corrected chi connectivity index (χ0v) is 15.8. The summed E-state index contributed by atoms with van der Waals surface area (Å²) in [7, 11) is 0. The van der Waals surface area contributed by atoms with Crippen LogP contribution in [0.5, 0.6) is 17.2 Å². The molecule has 4 N–H and O–H groups in total. The van der Waals surface area contributed by atoms with Crippen molar-refractivity contribution in [2.75, 3.05) is 6.54 Å². The number of benzene rings is 2. The molecule has 7 nitrogen and oxygen atoms in total. The Morgan fingerprint density at radius 1 is 0.964 bits per heavy atom. The summed E-state index contributed by atoms with van der Waals surface area (Å²) in [5.74, 6) is -2.25. The first-order valence-electron chi connectivity index (χ1n) is 9.32. The van der Waals surface area contributed by atoms with Crippen molar-refractivity contribution in [1.29, 1.82) is 0 Å². The zero-order chi connectivity index (χ0) is 20.1. The lowest BCUT2D eigenvalue weighted by molar-refractivity contribution is -0.153. The molecule has 0 radical (unpaired) electrons. The van der Waals surface area contributed by atoms with Crippen LogP contribution >= 0.6 is 0 Å². The van der Waals surface area contributed by atoms with E-state index in [1.807, 2.05) is 35.2 Å². The van der Waals surface area contributed by atoms with E-state index in [0.29, 0.717) is 18.7 Å². The third-order valence-electron chi connectivity index (χ3n) is 5.38. The van der Waals surface area contributed by atoms with Gasteiger partial charge in [-0.15, -0.1) is 0 Å². The van der Waals surface area contributed by atoms with Gasteiger partial charge in [-0.3, -0.25) is 4.90 Å². The molecule has 2 aromatic rings. The number of piperidine rings is 1. The average Bonchev–Trinajstić information content (AvgIpc) is 2.98. The molecular formula is C21H25NO6. The van der Waals surface area contributed by atoms with E-state index < -0.39 is 47.4 Å². The van der Waals surface area contributed by atoms with Crippen LogP contribution in [0.3, 0.4) is 0 Å². The fourth-order valence-electron chi connectivity index (χ4n) is 4.20. The van der Waals surface area contributed by atoms with Crippen LogP contribution in [0, 0.1) is 0 Å². The number of β-amino-alcohol motifs (C(OH)–C–C–N with tert-alkyl or cyclic N) is 1. The van der Waals surface area contributed by atoms with Crippen LogP contribution in [0.1, 0.15) is 31.0 Å². The summed E-state index contributed by atoms with van der Waals surface area (Å²) in [6.45, 7) is 4.38. The van der Waals surface area contributed by atoms with Crippen LogP contribution in [0.25, 0.3) is 0 Å². The SMILES string of the molecule is CC1(C)O[C@@H]2[C@H](O1)[C@H](O)CN(Cc1ccccc1)[C@H]2c1ccc(O)c(O)c1O. The van der Waals surface area contributed by atoms with Gasteiger partial charge in [0, 0.05) is 18.7 Å². The second kappa shape index (κ2) is 6.93. The Kier molecular flexibility index (Phi) is 4.71. The standard InChI is InChI=1S/C21H25NO6/c1-21(2)27-19-15(24)11-22(10-12-6-4-3-5-7-12)16(20(19)28-21)13-8-9-14(23)18(26)17(13)25/h3-9,15-16,19-20,23-26H,10-11H2,1-2H3/t15-,16+,19-,20+/m1/s1. The van der Waals surface area contributed by atoms with Gasteiger partial charge < -0.3 is 29.9 Å². The van der Waals surface area contributed by atoms with Crippen molar-refractivity contribution in [2.45, 2.75) is 50.5 Å².